The van der Waals surface area contributed by atoms with Gasteiger partial charge in [0.15, 0.2) is 5.82 Å². The van der Waals surface area contributed by atoms with Crippen LogP contribution in [0.25, 0.3) is 22.0 Å². The molecular weight excluding hydrogens is 828 g/mol. The summed E-state index contributed by atoms with van der Waals surface area (Å²) in [5.74, 6) is -6.53. The van der Waals surface area contributed by atoms with Crippen molar-refractivity contribution in [2.24, 2.45) is 12.2 Å². The van der Waals surface area contributed by atoms with Gasteiger partial charge in [0.25, 0.3) is 28.5 Å². The highest BCUT2D eigenvalue weighted by Gasteiger charge is 2.55. The van der Waals surface area contributed by atoms with Gasteiger partial charge in [0, 0.05) is 37.1 Å². The second-order valence-electron chi connectivity index (χ2n) is 14.0. The number of rotatable bonds is 10. The van der Waals surface area contributed by atoms with Crippen LogP contribution in [-0.4, -0.2) is 49.6 Å². The van der Waals surface area contributed by atoms with Crippen LogP contribution in [0.4, 0.5) is 40.9 Å². The molecule has 2 aromatic carbocycles. The number of hydrogen-bond acceptors (Lipinski definition) is 7. The van der Waals surface area contributed by atoms with Gasteiger partial charge in [0.1, 0.15) is 40.9 Å². The van der Waals surface area contributed by atoms with Gasteiger partial charge in [-0.3, -0.25) is 18.9 Å². The molecule has 6 rings (SSSR count). The number of fused-ring (bicyclic) bond motifs is 2. The van der Waals surface area contributed by atoms with Crippen molar-refractivity contribution in [2.45, 2.75) is 69.6 Å². The predicted octanol–water partition coefficient (Wildman–Crippen LogP) is 6.52. The average molecular weight is 859 g/mol. The number of aromatic nitrogens is 5. The summed E-state index contributed by atoms with van der Waals surface area (Å²) in [6.45, 7) is 1.46. The summed E-state index contributed by atoms with van der Waals surface area (Å²) in [6.07, 6.45) is -7.08. The van der Waals surface area contributed by atoms with Gasteiger partial charge in [-0.25, -0.2) is 36.5 Å². The predicted molar refractivity (Wildman–Crippen MR) is 194 cm³/mol. The highest BCUT2D eigenvalue weighted by atomic mass is 35.5. The molecule has 58 heavy (non-hydrogen) atoms. The Morgan fingerprint density at radius 3 is 2.28 bits per heavy atom. The van der Waals surface area contributed by atoms with Crippen LogP contribution in [0.5, 0.6) is 0 Å². The number of aliphatic hydroxyl groups is 1. The van der Waals surface area contributed by atoms with Crippen LogP contribution in [0, 0.1) is 23.5 Å². The number of aryl methyl sites for hydroxylation is 1. The molecule has 1 atom stereocenters. The van der Waals surface area contributed by atoms with Crippen molar-refractivity contribution in [3.63, 3.8) is 0 Å². The molecule has 0 bridgehead atoms. The van der Waals surface area contributed by atoms with Gasteiger partial charge in [-0.2, -0.15) is 27.4 Å². The third kappa shape index (κ3) is 8.89. The Bertz CT molecular complexity index is 2610. The fraction of sp³-hybridized carbons (Fsp3) is 0.333. The first-order valence-corrected chi connectivity index (χ1v) is 18.9. The standard InChI is InChI=1S/C36H31ClF8N8O4S/c1-34(2,55)9-8-20-4-5-21(22-6-7-23(37)26-30(22)52(3)50-33(26)51-58(46,56)57)28(47-20)24(14-17-12-18(38)15-19(39)13-17)48-25(54)16-53-31-27(29(49-53)32(40)41)35(42,43)10-11-36(31,44)45/h4-7,12-13,15,24,32,55H,10-11,14,16H2,1-3H3,(H,48,54)(H,50,51)(H2,46,56,57)/t24-/m0/s1. The van der Waals surface area contributed by atoms with Crippen molar-refractivity contribution in [1.29, 1.82) is 0 Å². The van der Waals surface area contributed by atoms with Crippen LogP contribution in [-0.2, 0) is 46.9 Å². The molecule has 0 saturated heterocycles. The molecule has 0 unspecified atom stereocenters. The fourth-order valence-corrected chi connectivity index (χ4v) is 7.30. The minimum atomic E-state index is -4.38. The maximum atomic E-state index is 15.2. The number of halogens is 9. The third-order valence-electron chi connectivity index (χ3n) is 8.86. The Hall–Kier alpha value is -5.30. The minimum absolute atomic E-state index is 0.00774. The Morgan fingerprint density at radius 1 is 1.02 bits per heavy atom. The SMILES string of the molecule is Cn1nc(NS(N)(=O)=O)c2c(Cl)ccc(-c3ccc(C#CC(C)(C)O)nc3[C@H](Cc3cc(F)cc(F)c3)NC(=O)Cn3nc(C(F)F)c4c3C(F)(F)CCC4(F)F)c21. The molecular formula is C36H31ClF8N8O4S. The number of nitrogens with zero attached hydrogens (tertiary/aromatic N) is 5. The monoisotopic (exact) mass is 858 g/mol. The van der Waals surface area contributed by atoms with E-state index in [1.54, 1.807) is 0 Å². The first-order valence-electron chi connectivity index (χ1n) is 17.0. The van der Waals surface area contributed by atoms with Gasteiger partial charge in [-0.15, -0.1) is 0 Å². The molecule has 1 aliphatic rings. The van der Waals surface area contributed by atoms with Crippen LogP contribution in [0.1, 0.15) is 73.1 Å². The zero-order valence-corrected chi connectivity index (χ0v) is 31.9. The summed E-state index contributed by atoms with van der Waals surface area (Å²) in [5, 5.41) is 25.5. The number of alkyl halides is 6. The number of anilines is 1. The molecule has 308 valence electrons. The lowest BCUT2D eigenvalue weighted by Gasteiger charge is -2.29. The highest BCUT2D eigenvalue weighted by molar-refractivity contribution is 7.90. The molecule has 0 saturated carbocycles. The van der Waals surface area contributed by atoms with Gasteiger partial charge < -0.3 is 10.4 Å². The second-order valence-corrected chi connectivity index (χ2v) is 15.7. The molecule has 3 aromatic heterocycles. The Kier molecular flexibility index (Phi) is 11.0. The van der Waals surface area contributed by atoms with Gasteiger partial charge in [-0.1, -0.05) is 23.6 Å². The van der Waals surface area contributed by atoms with Crippen molar-refractivity contribution < 1.29 is 53.4 Å². The number of carbonyl (C=O) groups is 1. The van der Waals surface area contributed by atoms with Gasteiger partial charge in [0.2, 0.25) is 5.91 Å². The molecule has 22 heteroatoms. The molecule has 0 fully saturated rings. The van der Waals surface area contributed by atoms with E-state index in [-0.39, 0.29) is 54.5 Å². The molecule has 0 spiro atoms. The van der Waals surface area contributed by atoms with E-state index in [1.807, 2.05) is 0 Å². The van der Waals surface area contributed by atoms with Crippen molar-refractivity contribution in [3.8, 4) is 23.0 Å². The molecule has 3 heterocycles. The quantitative estimate of drug-likeness (QED) is 0.0916. The second kappa shape index (κ2) is 15.1. The highest BCUT2D eigenvalue weighted by Crippen LogP contribution is 2.52. The fourth-order valence-electron chi connectivity index (χ4n) is 6.65. The smallest absolute Gasteiger partial charge is 0.297 e. The largest absolute Gasteiger partial charge is 0.378 e. The van der Waals surface area contributed by atoms with Crippen molar-refractivity contribution >= 4 is 44.4 Å². The average Bonchev–Trinajstić information content (AvgIpc) is 3.64. The van der Waals surface area contributed by atoms with Crippen LogP contribution in [0.3, 0.4) is 0 Å². The molecule has 5 N–H and O–H groups in total. The normalized spacial score (nSPS) is 15.5. The number of carbonyl (C=O) groups excluding carboxylic acids is 1. The van der Waals surface area contributed by atoms with Gasteiger partial charge in [0.05, 0.1) is 33.2 Å². The van der Waals surface area contributed by atoms with E-state index in [9.17, 15) is 44.7 Å². The zero-order chi connectivity index (χ0) is 42.7. The maximum Gasteiger partial charge on any atom is 0.297 e. The van der Waals surface area contributed by atoms with Crippen molar-refractivity contribution in [1.82, 2.24) is 29.9 Å². The van der Waals surface area contributed by atoms with E-state index in [0.29, 0.717) is 6.07 Å². The molecule has 1 aliphatic carbocycles. The lowest BCUT2D eigenvalue weighted by molar-refractivity contribution is -0.123. The topological polar surface area (TPSA) is 170 Å². The Labute approximate surface area is 329 Å². The maximum absolute atomic E-state index is 15.2. The summed E-state index contributed by atoms with van der Waals surface area (Å²) in [6, 6.07) is 6.62. The summed E-state index contributed by atoms with van der Waals surface area (Å²) in [7, 11) is -2.95. The van der Waals surface area contributed by atoms with Gasteiger partial charge >= 0.3 is 0 Å². The molecule has 5 aromatic rings. The number of hydrogen-bond donors (Lipinski definition) is 4. The Balaban J connectivity index is 1.55. The van der Waals surface area contributed by atoms with E-state index >= 15 is 8.78 Å². The van der Waals surface area contributed by atoms with Crippen LogP contribution >= 0.6 is 11.6 Å². The third-order valence-corrected chi connectivity index (χ3v) is 9.65. The summed E-state index contributed by atoms with van der Waals surface area (Å²) >= 11 is 6.50. The lowest BCUT2D eigenvalue weighted by Crippen LogP contribution is -2.37. The zero-order valence-electron chi connectivity index (χ0n) is 30.3. The number of amides is 1. The van der Waals surface area contributed by atoms with E-state index in [1.165, 1.54) is 49.8 Å². The Morgan fingerprint density at radius 2 is 1.66 bits per heavy atom. The van der Waals surface area contributed by atoms with Crippen LogP contribution in [0.15, 0.2) is 42.5 Å². The van der Waals surface area contributed by atoms with Crippen LogP contribution < -0.4 is 15.2 Å². The first-order chi connectivity index (χ1) is 26.8. The number of nitrogens with two attached hydrogens (primary N) is 1. The van der Waals surface area contributed by atoms with E-state index < -0.39 is 100 Å². The number of pyridine rings is 1. The van der Waals surface area contributed by atoms with Crippen molar-refractivity contribution in [2.75, 3.05) is 4.72 Å². The number of benzene rings is 2. The number of nitrogens with one attached hydrogen (secondary N) is 2. The lowest BCUT2D eigenvalue weighted by atomic mass is 9.89. The molecule has 0 aliphatic heterocycles. The molecule has 1 amide bonds. The first kappa shape index (κ1) is 42.3. The van der Waals surface area contributed by atoms with Gasteiger partial charge in [-0.05, 0) is 62.1 Å². The van der Waals surface area contributed by atoms with E-state index in [0.717, 1.165) is 12.1 Å². The molecule has 12 nitrogen and oxygen atoms in total. The summed E-state index contributed by atoms with van der Waals surface area (Å²) < 4.78 is 145. The van der Waals surface area contributed by atoms with E-state index in [2.05, 4.69) is 37.1 Å². The van der Waals surface area contributed by atoms with Crippen molar-refractivity contribution in [3.05, 3.63) is 93.0 Å². The summed E-state index contributed by atoms with van der Waals surface area (Å²) in [5.41, 5.74) is -6.11. The minimum Gasteiger partial charge on any atom is -0.378 e. The van der Waals surface area contributed by atoms with E-state index in [4.69, 9.17) is 16.7 Å². The molecule has 0 radical (unpaired) electrons. The summed E-state index contributed by atoms with van der Waals surface area (Å²) in [4.78, 5) is 18.5. The van der Waals surface area contributed by atoms with Crippen LogP contribution in [0.2, 0.25) is 5.02 Å².